The molecule has 0 spiro atoms. The first-order valence-electron chi connectivity index (χ1n) is 11.7. The molecule has 1 amide bonds. The number of aromatic nitrogens is 2. The molecule has 1 N–H and O–H groups in total. The third kappa shape index (κ3) is 5.55. The van der Waals surface area contributed by atoms with Gasteiger partial charge in [0.05, 0.1) is 30.6 Å². The Bertz CT molecular complexity index is 1410. The summed E-state index contributed by atoms with van der Waals surface area (Å²) in [6.07, 6.45) is 0.879. The fraction of sp³-hybridized carbons (Fsp3) is 0.286. The topological polar surface area (TPSA) is 65.4 Å². The SMILES string of the molecule is COc1c(C)cc(C(Oc2ccc3c(cnn3-c3ccc(F)cc3)c2)C(C)NC(=O)C(C)(F)F)cc1C. The van der Waals surface area contributed by atoms with E-state index in [4.69, 9.17) is 9.47 Å². The summed E-state index contributed by atoms with van der Waals surface area (Å²) in [6, 6.07) is 14.2. The van der Waals surface area contributed by atoms with Crippen LogP contribution in [-0.4, -0.2) is 34.8 Å². The zero-order valence-corrected chi connectivity index (χ0v) is 21.2. The van der Waals surface area contributed by atoms with E-state index in [-0.39, 0.29) is 5.82 Å². The Labute approximate surface area is 213 Å². The van der Waals surface area contributed by atoms with Crippen molar-refractivity contribution in [2.24, 2.45) is 0 Å². The predicted octanol–water partition coefficient (Wildman–Crippen LogP) is 6.07. The summed E-state index contributed by atoms with van der Waals surface area (Å²) in [5, 5.41) is 7.55. The number of nitrogens with one attached hydrogen (secondary N) is 1. The van der Waals surface area contributed by atoms with E-state index < -0.39 is 24.0 Å². The van der Waals surface area contributed by atoms with Gasteiger partial charge in [-0.05, 0) is 92.1 Å². The summed E-state index contributed by atoms with van der Waals surface area (Å²) in [4.78, 5) is 12.1. The number of fused-ring (bicyclic) bond motifs is 1. The maximum Gasteiger partial charge on any atom is 0.321 e. The van der Waals surface area contributed by atoms with Crippen molar-refractivity contribution in [3.8, 4) is 17.2 Å². The number of carbonyl (C=O) groups excluding carboxylic acids is 1. The smallest absolute Gasteiger partial charge is 0.321 e. The Hall–Kier alpha value is -4.01. The molecular formula is C28H28F3N3O3. The first kappa shape index (κ1) is 26.1. The predicted molar refractivity (Wildman–Crippen MR) is 135 cm³/mol. The molecule has 6 nitrogen and oxygen atoms in total. The average molecular weight is 512 g/mol. The molecular weight excluding hydrogens is 483 g/mol. The molecule has 37 heavy (non-hydrogen) atoms. The molecule has 4 rings (SSSR count). The van der Waals surface area contributed by atoms with Gasteiger partial charge in [0.25, 0.3) is 5.91 Å². The second-order valence-corrected chi connectivity index (χ2v) is 9.13. The molecule has 2 atom stereocenters. The van der Waals surface area contributed by atoms with Crippen molar-refractivity contribution in [2.45, 2.75) is 45.8 Å². The van der Waals surface area contributed by atoms with Crippen LogP contribution in [0.25, 0.3) is 16.6 Å². The van der Waals surface area contributed by atoms with E-state index in [9.17, 15) is 18.0 Å². The van der Waals surface area contributed by atoms with Crippen LogP contribution in [-0.2, 0) is 4.79 Å². The zero-order valence-electron chi connectivity index (χ0n) is 21.2. The molecule has 194 valence electrons. The number of amides is 1. The lowest BCUT2D eigenvalue weighted by Crippen LogP contribution is -2.46. The van der Waals surface area contributed by atoms with E-state index >= 15 is 0 Å². The summed E-state index contributed by atoms with van der Waals surface area (Å²) in [7, 11) is 1.58. The molecule has 3 aromatic carbocycles. The second kappa shape index (κ2) is 10.2. The van der Waals surface area contributed by atoms with Crippen molar-refractivity contribution in [2.75, 3.05) is 7.11 Å². The van der Waals surface area contributed by atoms with Gasteiger partial charge >= 0.3 is 5.92 Å². The van der Waals surface area contributed by atoms with Crippen molar-refractivity contribution in [3.05, 3.63) is 83.3 Å². The molecule has 0 saturated heterocycles. The molecule has 2 unspecified atom stereocenters. The zero-order chi connectivity index (χ0) is 26.9. The summed E-state index contributed by atoms with van der Waals surface area (Å²) in [5.74, 6) is -4.07. The van der Waals surface area contributed by atoms with Crippen molar-refractivity contribution < 1.29 is 27.4 Å². The van der Waals surface area contributed by atoms with Gasteiger partial charge in [0.2, 0.25) is 0 Å². The number of halogens is 3. The molecule has 0 aliphatic rings. The maximum absolute atomic E-state index is 13.6. The molecule has 1 aromatic heterocycles. The van der Waals surface area contributed by atoms with Crippen molar-refractivity contribution >= 4 is 16.8 Å². The fourth-order valence-electron chi connectivity index (χ4n) is 4.36. The third-order valence-corrected chi connectivity index (χ3v) is 6.10. The van der Waals surface area contributed by atoms with Crippen LogP contribution in [0.2, 0.25) is 0 Å². The number of nitrogens with zero attached hydrogens (tertiary/aromatic N) is 2. The highest BCUT2D eigenvalue weighted by molar-refractivity contribution is 5.83. The van der Waals surface area contributed by atoms with Crippen LogP contribution >= 0.6 is 0 Å². The fourth-order valence-corrected chi connectivity index (χ4v) is 4.36. The van der Waals surface area contributed by atoms with Gasteiger partial charge in [0.15, 0.2) is 0 Å². The summed E-state index contributed by atoms with van der Waals surface area (Å²) >= 11 is 0. The Morgan fingerprint density at radius 1 is 1.05 bits per heavy atom. The number of alkyl halides is 2. The summed E-state index contributed by atoms with van der Waals surface area (Å²) < 4.78 is 54.1. The number of methoxy groups -OCH3 is 1. The molecule has 9 heteroatoms. The largest absolute Gasteiger partial charge is 0.496 e. The monoisotopic (exact) mass is 511 g/mol. The average Bonchev–Trinajstić information content (AvgIpc) is 3.25. The number of hydrogen-bond acceptors (Lipinski definition) is 4. The lowest BCUT2D eigenvalue weighted by atomic mass is 9.97. The molecule has 0 bridgehead atoms. The minimum Gasteiger partial charge on any atom is -0.496 e. The Morgan fingerprint density at radius 3 is 2.30 bits per heavy atom. The third-order valence-electron chi connectivity index (χ3n) is 6.10. The molecule has 0 radical (unpaired) electrons. The maximum atomic E-state index is 13.6. The number of aryl methyl sites for hydroxylation is 2. The van der Waals surface area contributed by atoms with Gasteiger partial charge in [-0.2, -0.15) is 13.9 Å². The number of ether oxygens (including phenoxy) is 2. The second-order valence-electron chi connectivity index (χ2n) is 9.13. The lowest BCUT2D eigenvalue weighted by molar-refractivity contribution is -0.144. The number of benzene rings is 3. The van der Waals surface area contributed by atoms with Crippen molar-refractivity contribution in [1.29, 1.82) is 0 Å². The molecule has 4 aromatic rings. The normalized spacial score (nSPS) is 13.3. The first-order chi connectivity index (χ1) is 17.5. The Morgan fingerprint density at radius 2 is 1.70 bits per heavy atom. The van der Waals surface area contributed by atoms with Gasteiger partial charge in [-0.3, -0.25) is 4.79 Å². The Kier molecular flexibility index (Phi) is 7.16. The number of carbonyl (C=O) groups is 1. The lowest BCUT2D eigenvalue weighted by Gasteiger charge is -2.28. The van der Waals surface area contributed by atoms with Crippen LogP contribution in [0.5, 0.6) is 11.5 Å². The molecule has 1 heterocycles. The minimum atomic E-state index is -3.53. The van der Waals surface area contributed by atoms with Crippen LogP contribution in [0.15, 0.2) is 60.8 Å². The van der Waals surface area contributed by atoms with Gasteiger partial charge in [0.1, 0.15) is 23.4 Å². The summed E-state index contributed by atoms with van der Waals surface area (Å²) in [5.41, 5.74) is 3.87. The van der Waals surface area contributed by atoms with E-state index in [0.29, 0.717) is 29.7 Å². The van der Waals surface area contributed by atoms with Gasteiger partial charge in [-0.15, -0.1) is 0 Å². The quantitative estimate of drug-likeness (QED) is 0.312. The molecule has 0 fully saturated rings. The Balaban J connectivity index is 1.69. The van der Waals surface area contributed by atoms with E-state index in [2.05, 4.69) is 10.4 Å². The van der Waals surface area contributed by atoms with E-state index in [1.165, 1.54) is 12.1 Å². The van der Waals surface area contributed by atoms with E-state index in [1.54, 1.807) is 49.2 Å². The molecule has 0 aliphatic carbocycles. The van der Waals surface area contributed by atoms with Crippen LogP contribution in [0.4, 0.5) is 13.2 Å². The number of rotatable bonds is 8. The van der Waals surface area contributed by atoms with Crippen LogP contribution in [0.1, 0.15) is 36.6 Å². The van der Waals surface area contributed by atoms with Gasteiger partial charge in [-0.25, -0.2) is 9.07 Å². The van der Waals surface area contributed by atoms with Gasteiger partial charge < -0.3 is 14.8 Å². The van der Waals surface area contributed by atoms with Crippen LogP contribution in [0.3, 0.4) is 0 Å². The molecule has 0 aliphatic heterocycles. The van der Waals surface area contributed by atoms with Crippen LogP contribution in [0, 0.1) is 19.7 Å². The van der Waals surface area contributed by atoms with E-state index in [1.807, 2.05) is 32.0 Å². The van der Waals surface area contributed by atoms with E-state index in [0.717, 1.165) is 22.0 Å². The van der Waals surface area contributed by atoms with Crippen molar-refractivity contribution in [3.63, 3.8) is 0 Å². The first-order valence-corrected chi connectivity index (χ1v) is 11.7. The van der Waals surface area contributed by atoms with Gasteiger partial charge in [0, 0.05) is 12.3 Å². The summed E-state index contributed by atoms with van der Waals surface area (Å²) in [6.45, 7) is 5.94. The van der Waals surface area contributed by atoms with Crippen LogP contribution < -0.4 is 14.8 Å². The number of hydrogen-bond donors (Lipinski definition) is 1. The highest BCUT2D eigenvalue weighted by Gasteiger charge is 2.35. The molecule has 0 saturated carbocycles. The van der Waals surface area contributed by atoms with Crippen molar-refractivity contribution in [1.82, 2.24) is 15.1 Å². The van der Waals surface area contributed by atoms with Gasteiger partial charge in [-0.1, -0.05) is 0 Å². The minimum absolute atomic E-state index is 0.340. The highest BCUT2D eigenvalue weighted by Crippen LogP contribution is 2.33. The highest BCUT2D eigenvalue weighted by atomic mass is 19.3. The standard InChI is InChI=1S/C28H28F3N3O3/c1-16-12-19(13-17(2)25(16)36-5)26(18(3)33-27(35)28(4,30)31)37-23-10-11-24-20(14-23)15-32-34(24)22-8-6-21(29)7-9-22/h6-15,18,26H,1-5H3,(H,33,35).